The lowest BCUT2D eigenvalue weighted by Crippen LogP contribution is -2.59. The lowest BCUT2D eigenvalue weighted by atomic mass is 9.64. The van der Waals surface area contributed by atoms with Crippen molar-refractivity contribution in [2.75, 3.05) is 32.7 Å². The quantitative estimate of drug-likeness (QED) is 0.384. The van der Waals surface area contributed by atoms with E-state index in [1.807, 2.05) is 0 Å². The molecule has 0 aromatic carbocycles. The van der Waals surface area contributed by atoms with Crippen molar-refractivity contribution in [1.82, 2.24) is 9.80 Å². The minimum atomic E-state index is 0.330. The number of piperidine rings is 2. The summed E-state index contributed by atoms with van der Waals surface area (Å²) in [5.74, 6) is 3.20. The van der Waals surface area contributed by atoms with Gasteiger partial charge in [-0.05, 0) is 69.4 Å². The Morgan fingerprint density at radius 1 is 0.667 bits per heavy atom. The molecule has 6 bridgehead atoms. The Hall–Kier alpha value is -0.670. The summed E-state index contributed by atoms with van der Waals surface area (Å²) in [6, 6.07) is 0.549. The van der Waals surface area contributed by atoms with Crippen LogP contribution in [-0.2, 0) is 4.79 Å². The van der Waals surface area contributed by atoms with Gasteiger partial charge in [0.25, 0.3) is 0 Å². The van der Waals surface area contributed by atoms with Crippen LogP contribution in [0.4, 0.5) is 0 Å². The number of fused-ring (bicyclic) bond motifs is 1. The highest BCUT2D eigenvalue weighted by molar-refractivity contribution is 5.82. The van der Waals surface area contributed by atoms with Crippen LogP contribution >= 0.6 is 0 Å². The highest BCUT2D eigenvalue weighted by Crippen LogP contribution is 2.45. The predicted octanol–water partition coefficient (Wildman–Crippen LogP) is 6.62. The maximum atomic E-state index is 13.3. The molecule has 0 amide bonds. The third kappa shape index (κ3) is 5.95. The number of Topliss-reactive ketones (excluding diaryl/α,β-unsaturated/α-hetero) is 1. The molecular formula is C30H50N2O. The molecular weight excluding hydrogens is 404 g/mol. The molecule has 0 N–H and O–H groups in total. The van der Waals surface area contributed by atoms with Crippen LogP contribution in [-0.4, -0.2) is 54.3 Å². The zero-order valence-corrected chi connectivity index (χ0v) is 21.3. The van der Waals surface area contributed by atoms with E-state index >= 15 is 0 Å². The van der Waals surface area contributed by atoms with E-state index in [9.17, 15) is 4.79 Å². The average Bonchev–Trinajstić information content (AvgIpc) is 2.82. The molecule has 4 heterocycles. The van der Waals surface area contributed by atoms with Gasteiger partial charge in [-0.25, -0.2) is 0 Å². The zero-order valence-electron chi connectivity index (χ0n) is 21.3. The average molecular weight is 455 g/mol. The number of carbonyl (C=O) groups excluding carboxylic acids is 1. The number of nitrogens with zero attached hydrogens (tertiary/aromatic N) is 2. The molecule has 3 nitrogen and oxygen atoms in total. The number of hydrogen-bond acceptors (Lipinski definition) is 3. The Bertz CT molecular complexity index is 672. The summed E-state index contributed by atoms with van der Waals surface area (Å²) >= 11 is 0. The summed E-state index contributed by atoms with van der Waals surface area (Å²) in [4.78, 5) is 18.9. The van der Waals surface area contributed by atoms with Gasteiger partial charge in [0.1, 0.15) is 5.78 Å². The van der Waals surface area contributed by atoms with E-state index in [1.165, 1.54) is 129 Å². The SMILES string of the molecule is O=C1CCN2CC[C@H]3[C@@H]4CCCCCCCCCN5CC(=C[C@@H]3C5)CCCCCCC[C@H]1[C@H]42. The van der Waals surface area contributed by atoms with Crippen LogP contribution in [0.5, 0.6) is 0 Å². The molecule has 6 atom stereocenters. The molecule has 186 valence electrons. The largest absolute Gasteiger partial charge is 0.299 e. The molecule has 33 heavy (non-hydrogen) atoms. The fourth-order valence-electron chi connectivity index (χ4n) is 8.39. The lowest BCUT2D eigenvalue weighted by Gasteiger charge is -2.53. The van der Waals surface area contributed by atoms with Gasteiger partial charge in [-0.1, -0.05) is 75.9 Å². The summed E-state index contributed by atoms with van der Waals surface area (Å²) in [6.45, 7) is 6.12. The molecule has 5 aliphatic rings. The van der Waals surface area contributed by atoms with Gasteiger partial charge in [0, 0.05) is 38.0 Å². The highest BCUT2D eigenvalue weighted by atomic mass is 16.1. The smallest absolute Gasteiger partial charge is 0.138 e. The van der Waals surface area contributed by atoms with Crippen LogP contribution in [0.1, 0.15) is 109 Å². The maximum absolute atomic E-state index is 13.3. The Labute approximate surface area is 203 Å². The van der Waals surface area contributed by atoms with E-state index < -0.39 is 0 Å². The van der Waals surface area contributed by atoms with Crippen molar-refractivity contribution in [1.29, 1.82) is 0 Å². The van der Waals surface area contributed by atoms with E-state index in [0.717, 1.165) is 30.7 Å². The van der Waals surface area contributed by atoms with Gasteiger partial charge in [-0.2, -0.15) is 0 Å². The fourth-order valence-corrected chi connectivity index (χ4v) is 8.39. The van der Waals surface area contributed by atoms with Crippen molar-refractivity contribution in [3.05, 3.63) is 11.6 Å². The first-order valence-corrected chi connectivity index (χ1v) is 15.0. The molecule has 3 saturated heterocycles. The summed E-state index contributed by atoms with van der Waals surface area (Å²) < 4.78 is 0. The normalized spacial score (nSPS) is 40.0. The molecule has 1 aliphatic carbocycles. The van der Waals surface area contributed by atoms with Crippen LogP contribution in [0.15, 0.2) is 11.6 Å². The second kappa shape index (κ2) is 11.8. The summed E-state index contributed by atoms with van der Waals surface area (Å²) in [7, 11) is 0. The fraction of sp³-hybridized carbons (Fsp3) is 0.900. The van der Waals surface area contributed by atoms with E-state index in [-0.39, 0.29) is 0 Å². The number of hydrogen-bond donors (Lipinski definition) is 0. The number of ketones is 1. The maximum Gasteiger partial charge on any atom is 0.138 e. The van der Waals surface area contributed by atoms with Gasteiger partial charge < -0.3 is 0 Å². The summed E-state index contributed by atoms with van der Waals surface area (Å²) in [5, 5.41) is 0. The molecule has 0 spiro atoms. The molecule has 1 unspecified atom stereocenters. The topological polar surface area (TPSA) is 23.6 Å². The van der Waals surface area contributed by atoms with Gasteiger partial charge >= 0.3 is 0 Å². The second-order valence-corrected chi connectivity index (χ2v) is 12.3. The standard InChI is InChI=1S/C30H50N2O/c33-29-17-20-32-19-16-26-25-21-24-13-9-5-4-7-11-15-28(29)30(32)27(26)14-10-6-2-1-3-8-12-18-31(22-24)23-25/h21,25-28,30H,1-20,22-23H2/t25-,26-,27+,28-,30+/m1/s1. The van der Waals surface area contributed by atoms with Crippen LogP contribution in [0, 0.1) is 23.7 Å². The van der Waals surface area contributed by atoms with Crippen molar-refractivity contribution < 1.29 is 4.79 Å². The highest BCUT2D eigenvalue weighted by Gasteiger charge is 2.48. The van der Waals surface area contributed by atoms with Gasteiger partial charge in [-0.15, -0.1) is 0 Å². The third-order valence-corrected chi connectivity index (χ3v) is 10.1. The minimum absolute atomic E-state index is 0.330. The van der Waals surface area contributed by atoms with Crippen molar-refractivity contribution in [3.8, 4) is 0 Å². The molecule has 3 fully saturated rings. The van der Waals surface area contributed by atoms with Crippen LogP contribution in [0.3, 0.4) is 0 Å². The first kappa shape index (κ1) is 24.0. The van der Waals surface area contributed by atoms with Crippen molar-refractivity contribution in [2.45, 2.75) is 115 Å². The molecule has 0 saturated carbocycles. The van der Waals surface area contributed by atoms with Crippen LogP contribution < -0.4 is 0 Å². The summed E-state index contributed by atoms with van der Waals surface area (Å²) in [5.41, 5.74) is 1.76. The lowest BCUT2D eigenvalue weighted by molar-refractivity contribution is -0.135. The Balaban J connectivity index is 1.47. The molecule has 5 rings (SSSR count). The first-order valence-electron chi connectivity index (χ1n) is 15.0. The van der Waals surface area contributed by atoms with Gasteiger partial charge in [0.05, 0.1) is 0 Å². The monoisotopic (exact) mass is 454 g/mol. The van der Waals surface area contributed by atoms with Gasteiger partial charge in [0.2, 0.25) is 0 Å². The molecule has 4 aliphatic heterocycles. The van der Waals surface area contributed by atoms with Crippen molar-refractivity contribution in [2.24, 2.45) is 23.7 Å². The third-order valence-electron chi connectivity index (χ3n) is 10.1. The second-order valence-electron chi connectivity index (χ2n) is 12.3. The molecule has 3 heteroatoms. The van der Waals surface area contributed by atoms with Crippen LogP contribution in [0.2, 0.25) is 0 Å². The predicted molar refractivity (Wildman–Crippen MR) is 137 cm³/mol. The Morgan fingerprint density at radius 3 is 2.24 bits per heavy atom. The number of carbonyl (C=O) groups is 1. The first-order chi connectivity index (χ1) is 16.3. The molecule has 0 aromatic rings. The number of rotatable bonds is 0. The van der Waals surface area contributed by atoms with Crippen molar-refractivity contribution in [3.63, 3.8) is 0 Å². The molecule has 0 aromatic heterocycles. The molecule has 0 radical (unpaired) electrons. The van der Waals surface area contributed by atoms with Crippen LogP contribution in [0.25, 0.3) is 0 Å². The minimum Gasteiger partial charge on any atom is -0.299 e. The van der Waals surface area contributed by atoms with E-state index in [1.54, 1.807) is 5.57 Å². The Morgan fingerprint density at radius 2 is 1.39 bits per heavy atom. The summed E-state index contributed by atoms with van der Waals surface area (Å²) in [6.07, 6.45) is 25.4. The van der Waals surface area contributed by atoms with E-state index in [4.69, 9.17) is 0 Å². The van der Waals surface area contributed by atoms with Gasteiger partial charge in [0.15, 0.2) is 0 Å². The zero-order chi connectivity index (χ0) is 22.5. The Kier molecular flexibility index (Phi) is 8.63. The van der Waals surface area contributed by atoms with E-state index in [2.05, 4.69) is 15.9 Å². The van der Waals surface area contributed by atoms with Gasteiger partial charge in [-0.3, -0.25) is 14.6 Å². The van der Waals surface area contributed by atoms with Crippen molar-refractivity contribution >= 4 is 5.78 Å². The van der Waals surface area contributed by atoms with E-state index in [0.29, 0.717) is 17.7 Å².